The molecule has 0 aliphatic carbocycles. The maximum Gasteiger partial charge on any atom is 0.232 e. The van der Waals surface area contributed by atoms with E-state index >= 15 is 0 Å². The van der Waals surface area contributed by atoms with Gasteiger partial charge in [-0.15, -0.1) is 0 Å². The van der Waals surface area contributed by atoms with Crippen molar-refractivity contribution in [2.45, 2.75) is 19.3 Å². The van der Waals surface area contributed by atoms with E-state index in [4.69, 9.17) is 9.94 Å². The van der Waals surface area contributed by atoms with E-state index in [1.54, 1.807) is 0 Å². The van der Waals surface area contributed by atoms with Crippen LogP contribution >= 0.6 is 0 Å². The number of benzene rings is 1. The summed E-state index contributed by atoms with van der Waals surface area (Å²) in [5.41, 5.74) is 2.34. The molecule has 0 aromatic heterocycles. The standard InChI is InChI=1S/C15H18N2O3/c18-15(11-7-9-20-10-11)17-8-3-5-13(16-19)12-4-1-2-6-14(12)17/h1-2,4,6,11,19H,3,5,7-10H2/b16-13-. The lowest BCUT2D eigenvalue weighted by molar-refractivity contribution is -0.122. The van der Waals surface area contributed by atoms with Crippen molar-refractivity contribution in [3.63, 3.8) is 0 Å². The van der Waals surface area contributed by atoms with Crippen LogP contribution in [0.4, 0.5) is 5.69 Å². The van der Waals surface area contributed by atoms with Crippen molar-refractivity contribution in [1.82, 2.24) is 0 Å². The first-order valence-electron chi connectivity index (χ1n) is 7.00. The molecule has 106 valence electrons. The first-order chi connectivity index (χ1) is 9.81. The summed E-state index contributed by atoms with van der Waals surface area (Å²) in [6, 6.07) is 7.63. The molecule has 1 aromatic rings. The van der Waals surface area contributed by atoms with Gasteiger partial charge in [0.25, 0.3) is 0 Å². The summed E-state index contributed by atoms with van der Waals surface area (Å²) < 4.78 is 5.32. The fourth-order valence-electron chi connectivity index (χ4n) is 2.90. The van der Waals surface area contributed by atoms with E-state index in [1.165, 1.54) is 0 Å². The fourth-order valence-corrected chi connectivity index (χ4v) is 2.90. The molecule has 5 nitrogen and oxygen atoms in total. The minimum atomic E-state index is -0.0457. The van der Waals surface area contributed by atoms with Crippen LogP contribution in [-0.4, -0.2) is 36.6 Å². The Hall–Kier alpha value is -1.88. The molecular weight excluding hydrogens is 256 g/mol. The van der Waals surface area contributed by atoms with Crippen LogP contribution in [0.3, 0.4) is 0 Å². The van der Waals surface area contributed by atoms with Crippen LogP contribution in [-0.2, 0) is 9.53 Å². The Morgan fingerprint density at radius 2 is 2.25 bits per heavy atom. The third-order valence-electron chi connectivity index (χ3n) is 3.97. The Balaban J connectivity index is 1.96. The number of anilines is 1. The van der Waals surface area contributed by atoms with Crippen LogP contribution in [0.2, 0.25) is 0 Å². The topological polar surface area (TPSA) is 62.1 Å². The van der Waals surface area contributed by atoms with Crippen LogP contribution in [0.15, 0.2) is 29.4 Å². The number of carbonyl (C=O) groups excluding carboxylic acids is 1. The number of hydrogen-bond acceptors (Lipinski definition) is 4. The Bertz CT molecular complexity index is 536. The number of nitrogens with zero attached hydrogens (tertiary/aromatic N) is 2. The number of ether oxygens (including phenoxy) is 1. The van der Waals surface area contributed by atoms with Gasteiger partial charge >= 0.3 is 0 Å². The van der Waals surface area contributed by atoms with Crippen molar-refractivity contribution >= 4 is 17.3 Å². The molecule has 3 rings (SSSR count). The molecule has 1 unspecified atom stereocenters. The second-order valence-electron chi connectivity index (χ2n) is 5.22. The fraction of sp³-hybridized carbons (Fsp3) is 0.467. The van der Waals surface area contributed by atoms with E-state index in [0.717, 1.165) is 24.1 Å². The Kier molecular flexibility index (Phi) is 3.69. The van der Waals surface area contributed by atoms with Gasteiger partial charge in [0.15, 0.2) is 0 Å². The SMILES string of the molecule is O=C(C1CCOC1)N1CCC/C(=N/O)c2ccccc21. The van der Waals surface area contributed by atoms with Crippen LogP contribution in [0, 0.1) is 5.92 Å². The van der Waals surface area contributed by atoms with E-state index in [9.17, 15) is 4.79 Å². The average molecular weight is 274 g/mol. The molecule has 1 N–H and O–H groups in total. The number of hydrogen-bond donors (Lipinski definition) is 1. The minimum Gasteiger partial charge on any atom is -0.411 e. The van der Waals surface area contributed by atoms with E-state index in [-0.39, 0.29) is 11.8 Å². The zero-order chi connectivity index (χ0) is 13.9. The molecule has 2 aliphatic heterocycles. The first kappa shape index (κ1) is 13.1. The quantitative estimate of drug-likeness (QED) is 0.629. The second-order valence-corrected chi connectivity index (χ2v) is 5.22. The third kappa shape index (κ3) is 2.29. The first-order valence-corrected chi connectivity index (χ1v) is 7.00. The van der Waals surface area contributed by atoms with Crippen molar-refractivity contribution in [3.05, 3.63) is 29.8 Å². The number of para-hydroxylation sites is 1. The summed E-state index contributed by atoms with van der Waals surface area (Å²) in [5, 5.41) is 12.6. The van der Waals surface area contributed by atoms with Gasteiger partial charge in [-0.3, -0.25) is 4.79 Å². The summed E-state index contributed by atoms with van der Waals surface area (Å²) in [6.07, 6.45) is 2.27. The molecule has 2 aliphatic rings. The predicted molar refractivity (Wildman–Crippen MR) is 75.3 cm³/mol. The van der Waals surface area contributed by atoms with Crippen LogP contribution < -0.4 is 4.90 Å². The summed E-state index contributed by atoms with van der Waals surface area (Å²) in [4.78, 5) is 14.5. The highest BCUT2D eigenvalue weighted by Gasteiger charge is 2.31. The van der Waals surface area contributed by atoms with Gasteiger partial charge in [-0.05, 0) is 25.3 Å². The lowest BCUT2D eigenvalue weighted by Gasteiger charge is -2.25. The molecule has 2 heterocycles. The van der Waals surface area contributed by atoms with Gasteiger partial charge in [0.2, 0.25) is 5.91 Å². The maximum absolute atomic E-state index is 12.7. The molecule has 5 heteroatoms. The summed E-state index contributed by atoms with van der Waals surface area (Å²) in [5.74, 6) is 0.0739. The van der Waals surface area contributed by atoms with Crippen LogP contribution in [0.25, 0.3) is 0 Å². The molecule has 0 saturated carbocycles. The number of fused-ring (bicyclic) bond motifs is 1. The largest absolute Gasteiger partial charge is 0.411 e. The minimum absolute atomic E-state index is 0.0457. The lowest BCUT2D eigenvalue weighted by atomic mass is 10.0. The maximum atomic E-state index is 12.7. The molecule has 1 aromatic carbocycles. The van der Waals surface area contributed by atoms with E-state index in [1.807, 2.05) is 29.2 Å². The Labute approximate surface area is 117 Å². The van der Waals surface area contributed by atoms with Crippen molar-refractivity contribution in [3.8, 4) is 0 Å². The van der Waals surface area contributed by atoms with Crippen LogP contribution in [0.1, 0.15) is 24.8 Å². The lowest BCUT2D eigenvalue weighted by Crippen LogP contribution is -2.37. The highest BCUT2D eigenvalue weighted by Crippen LogP contribution is 2.29. The summed E-state index contributed by atoms with van der Waals surface area (Å²) in [7, 11) is 0. The highest BCUT2D eigenvalue weighted by molar-refractivity contribution is 6.09. The number of oxime groups is 1. The Morgan fingerprint density at radius 1 is 1.40 bits per heavy atom. The molecule has 1 atom stereocenters. The monoisotopic (exact) mass is 274 g/mol. The van der Waals surface area contributed by atoms with Gasteiger partial charge < -0.3 is 14.8 Å². The highest BCUT2D eigenvalue weighted by atomic mass is 16.5. The van der Waals surface area contributed by atoms with Gasteiger partial charge in [-0.25, -0.2) is 0 Å². The summed E-state index contributed by atoms with van der Waals surface area (Å²) in [6.45, 7) is 1.83. The molecular formula is C15H18N2O3. The number of rotatable bonds is 1. The van der Waals surface area contributed by atoms with E-state index < -0.39 is 0 Å². The predicted octanol–water partition coefficient (Wildman–Crippen LogP) is 2.03. The average Bonchev–Trinajstić information content (AvgIpc) is 2.95. The molecule has 0 spiro atoms. The number of carbonyl (C=O) groups is 1. The van der Waals surface area contributed by atoms with Crippen molar-refractivity contribution < 1.29 is 14.7 Å². The van der Waals surface area contributed by atoms with Crippen molar-refractivity contribution in [2.75, 3.05) is 24.7 Å². The Morgan fingerprint density at radius 3 is 3.00 bits per heavy atom. The molecule has 1 fully saturated rings. The third-order valence-corrected chi connectivity index (χ3v) is 3.97. The zero-order valence-corrected chi connectivity index (χ0v) is 11.3. The van der Waals surface area contributed by atoms with Gasteiger partial charge in [0.05, 0.1) is 23.9 Å². The van der Waals surface area contributed by atoms with Gasteiger partial charge in [0, 0.05) is 18.7 Å². The molecule has 20 heavy (non-hydrogen) atoms. The summed E-state index contributed by atoms with van der Waals surface area (Å²) >= 11 is 0. The van der Waals surface area contributed by atoms with Gasteiger partial charge in [-0.2, -0.15) is 0 Å². The zero-order valence-electron chi connectivity index (χ0n) is 11.3. The molecule has 1 amide bonds. The van der Waals surface area contributed by atoms with Gasteiger partial charge in [0.1, 0.15) is 0 Å². The van der Waals surface area contributed by atoms with Gasteiger partial charge in [-0.1, -0.05) is 23.4 Å². The van der Waals surface area contributed by atoms with E-state index in [2.05, 4.69) is 5.16 Å². The van der Waals surface area contributed by atoms with E-state index in [0.29, 0.717) is 31.9 Å². The number of amides is 1. The molecule has 0 bridgehead atoms. The smallest absolute Gasteiger partial charge is 0.232 e. The second kappa shape index (κ2) is 5.63. The van der Waals surface area contributed by atoms with Crippen molar-refractivity contribution in [1.29, 1.82) is 0 Å². The van der Waals surface area contributed by atoms with Crippen molar-refractivity contribution in [2.24, 2.45) is 11.1 Å². The molecule has 1 saturated heterocycles. The van der Waals surface area contributed by atoms with Crippen LogP contribution in [0.5, 0.6) is 0 Å². The molecule has 0 radical (unpaired) electrons. The normalized spacial score (nSPS) is 24.5.